The molecule has 0 heterocycles. The molecule has 2 aliphatic carbocycles. The minimum absolute atomic E-state index is 0.0800. The van der Waals surface area contributed by atoms with Crippen LogP contribution in [0, 0.1) is 11.8 Å². The Morgan fingerprint density at radius 1 is 1.21 bits per heavy atom. The Morgan fingerprint density at radius 2 is 1.95 bits per heavy atom. The second-order valence-electron chi connectivity index (χ2n) is 6.30. The Morgan fingerprint density at radius 3 is 2.63 bits per heavy atom. The molecule has 19 heavy (non-hydrogen) atoms. The average Bonchev–Trinajstić information content (AvgIpc) is 2.79. The Balaban J connectivity index is 1.66. The van der Waals surface area contributed by atoms with Gasteiger partial charge < -0.3 is 15.6 Å². The van der Waals surface area contributed by atoms with Gasteiger partial charge in [-0.05, 0) is 43.9 Å². The van der Waals surface area contributed by atoms with Crippen LogP contribution in [0.4, 0.5) is 0 Å². The van der Waals surface area contributed by atoms with E-state index in [9.17, 15) is 9.90 Å². The second kappa shape index (κ2) is 6.71. The van der Waals surface area contributed by atoms with Gasteiger partial charge in [-0.2, -0.15) is 0 Å². The van der Waals surface area contributed by atoms with Crippen molar-refractivity contribution in [3.05, 3.63) is 0 Å². The zero-order valence-electron chi connectivity index (χ0n) is 11.8. The van der Waals surface area contributed by atoms with E-state index in [4.69, 9.17) is 10.5 Å². The van der Waals surface area contributed by atoms with E-state index < -0.39 is 11.5 Å². The molecular weight excluding hydrogens is 242 g/mol. The lowest BCUT2D eigenvalue weighted by Gasteiger charge is -2.27. The SMILES string of the molecule is NC1(C(=O)O)CCCC1CCOCC1CCCCC1. The number of carboxylic acid groups (broad SMARTS) is 1. The molecule has 0 aliphatic heterocycles. The molecule has 0 aromatic heterocycles. The molecule has 2 rings (SSSR count). The highest BCUT2D eigenvalue weighted by Crippen LogP contribution is 2.36. The summed E-state index contributed by atoms with van der Waals surface area (Å²) in [5, 5.41) is 9.24. The first kappa shape index (κ1) is 14.8. The van der Waals surface area contributed by atoms with Crippen LogP contribution in [0.5, 0.6) is 0 Å². The number of nitrogens with two attached hydrogens (primary N) is 1. The molecule has 4 nitrogen and oxygen atoms in total. The third kappa shape index (κ3) is 3.69. The number of hydrogen-bond donors (Lipinski definition) is 2. The number of carboxylic acids is 1. The van der Waals surface area contributed by atoms with Gasteiger partial charge in [0, 0.05) is 13.2 Å². The molecule has 0 spiro atoms. The second-order valence-corrected chi connectivity index (χ2v) is 6.30. The van der Waals surface area contributed by atoms with Crippen molar-refractivity contribution in [3.63, 3.8) is 0 Å². The summed E-state index contributed by atoms with van der Waals surface area (Å²) in [4.78, 5) is 11.2. The van der Waals surface area contributed by atoms with E-state index in [0.717, 1.165) is 31.8 Å². The lowest BCUT2D eigenvalue weighted by molar-refractivity contribution is -0.145. The van der Waals surface area contributed by atoms with E-state index in [1.54, 1.807) is 0 Å². The molecular formula is C15H27NO3. The predicted molar refractivity (Wildman–Crippen MR) is 73.9 cm³/mol. The molecule has 2 atom stereocenters. The Bertz CT molecular complexity index is 302. The Hall–Kier alpha value is -0.610. The van der Waals surface area contributed by atoms with Crippen molar-refractivity contribution in [2.75, 3.05) is 13.2 Å². The average molecular weight is 269 g/mol. The fourth-order valence-electron chi connectivity index (χ4n) is 3.62. The quantitative estimate of drug-likeness (QED) is 0.727. The van der Waals surface area contributed by atoms with Crippen LogP contribution in [0.2, 0.25) is 0 Å². The number of aliphatic carboxylic acids is 1. The third-order valence-electron chi connectivity index (χ3n) is 4.96. The van der Waals surface area contributed by atoms with E-state index in [1.807, 2.05) is 0 Å². The van der Waals surface area contributed by atoms with Gasteiger partial charge in [0.2, 0.25) is 0 Å². The lowest BCUT2D eigenvalue weighted by atomic mass is 9.86. The molecule has 2 fully saturated rings. The minimum Gasteiger partial charge on any atom is -0.480 e. The van der Waals surface area contributed by atoms with Crippen molar-refractivity contribution >= 4 is 5.97 Å². The van der Waals surface area contributed by atoms with Crippen LogP contribution >= 0.6 is 0 Å². The summed E-state index contributed by atoms with van der Waals surface area (Å²) in [6, 6.07) is 0. The standard InChI is InChI=1S/C15H27NO3/c16-15(14(17)18)9-4-7-13(15)8-10-19-11-12-5-2-1-3-6-12/h12-13H,1-11,16H2,(H,17,18). The van der Waals surface area contributed by atoms with Crippen molar-refractivity contribution in [2.24, 2.45) is 17.6 Å². The van der Waals surface area contributed by atoms with Gasteiger partial charge in [-0.1, -0.05) is 25.7 Å². The number of hydrogen-bond acceptors (Lipinski definition) is 3. The van der Waals surface area contributed by atoms with Gasteiger partial charge >= 0.3 is 5.97 Å². The molecule has 0 aromatic carbocycles. The summed E-state index contributed by atoms with van der Waals surface area (Å²) in [6.45, 7) is 1.50. The molecule has 4 heteroatoms. The summed E-state index contributed by atoms with van der Waals surface area (Å²) in [7, 11) is 0. The number of rotatable bonds is 6. The van der Waals surface area contributed by atoms with Gasteiger partial charge in [-0.25, -0.2) is 0 Å². The summed E-state index contributed by atoms with van der Waals surface area (Å²) >= 11 is 0. The first-order valence-electron chi connectivity index (χ1n) is 7.73. The van der Waals surface area contributed by atoms with Gasteiger partial charge in [0.15, 0.2) is 0 Å². The van der Waals surface area contributed by atoms with Crippen molar-refractivity contribution in [2.45, 2.75) is 63.3 Å². The first-order chi connectivity index (χ1) is 9.13. The summed E-state index contributed by atoms with van der Waals surface area (Å²) in [5.41, 5.74) is 5.01. The van der Waals surface area contributed by atoms with Crippen molar-refractivity contribution < 1.29 is 14.6 Å². The Kier molecular flexibility index (Phi) is 5.22. The normalized spacial score (nSPS) is 32.6. The zero-order valence-corrected chi connectivity index (χ0v) is 11.8. The highest BCUT2D eigenvalue weighted by Gasteiger charge is 2.45. The van der Waals surface area contributed by atoms with E-state index in [-0.39, 0.29) is 5.92 Å². The first-order valence-corrected chi connectivity index (χ1v) is 7.73. The Labute approximate surface area is 115 Å². The molecule has 2 unspecified atom stereocenters. The summed E-state index contributed by atoms with van der Waals surface area (Å²) in [5.74, 6) is -0.0435. The monoisotopic (exact) mass is 269 g/mol. The van der Waals surface area contributed by atoms with Gasteiger partial charge in [-0.3, -0.25) is 4.79 Å². The highest BCUT2D eigenvalue weighted by atomic mass is 16.5. The molecule has 0 amide bonds. The van der Waals surface area contributed by atoms with E-state index in [0.29, 0.717) is 13.0 Å². The predicted octanol–water partition coefficient (Wildman–Crippen LogP) is 2.56. The molecule has 0 aromatic rings. The third-order valence-corrected chi connectivity index (χ3v) is 4.96. The maximum atomic E-state index is 11.2. The van der Waals surface area contributed by atoms with E-state index in [2.05, 4.69) is 0 Å². The number of ether oxygens (including phenoxy) is 1. The van der Waals surface area contributed by atoms with Crippen LogP contribution in [-0.4, -0.2) is 29.8 Å². The zero-order chi connectivity index (χ0) is 13.7. The van der Waals surface area contributed by atoms with Crippen LogP contribution in [0.25, 0.3) is 0 Å². The van der Waals surface area contributed by atoms with Crippen LogP contribution < -0.4 is 5.73 Å². The van der Waals surface area contributed by atoms with Crippen LogP contribution in [0.15, 0.2) is 0 Å². The highest BCUT2D eigenvalue weighted by molar-refractivity contribution is 5.79. The minimum atomic E-state index is -1.01. The van der Waals surface area contributed by atoms with E-state index >= 15 is 0 Å². The maximum Gasteiger partial charge on any atom is 0.323 e. The fraction of sp³-hybridized carbons (Fsp3) is 0.933. The maximum absolute atomic E-state index is 11.2. The van der Waals surface area contributed by atoms with Crippen molar-refractivity contribution in [3.8, 4) is 0 Å². The fourth-order valence-corrected chi connectivity index (χ4v) is 3.62. The summed E-state index contributed by atoms with van der Waals surface area (Å²) in [6.07, 6.45) is 9.87. The van der Waals surface area contributed by atoms with Gasteiger partial charge in [0.05, 0.1) is 0 Å². The van der Waals surface area contributed by atoms with E-state index in [1.165, 1.54) is 32.1 Å². The van der Waals surface area contributed by atoms with Crippen LogP contribution in [0.3, 0.4) is 0 Å². The van der Waals surface area contributed by atoms with Crippen LogP contribution in [-0.2, 0) is 9.53 Å². The molecule has 2 saturated carbocycles. The van der Waals surface area contributed by atoms with Crippen LogP contribution in [0.1, 0.15) is 57.8 Å². The smallest absolute Gasteiger partial charge is 0.323 e. The lowest BCUT2D eigenvalue weighted by Crippen LogP contribution is -2.51. The topological polar surface area (TPSA) is 72.6 Å². The molecule has 0 bridgehead atoms. The van der Waals surface area contributed by atoms with Crippen molar-refractivity contribution in [1.82, 2.24) is 0 Å². The molecule has 110 valence electrons. The van der Waals surface area contributed by atoms with Gasteiger partial charge in [0.1, 0.15) is 5.54 Å². The molecule has 0 radical (unpaired) electrons. The van der Waals surface area contributed by atoms with Crippen molar-refractivity contribution in [1.29, 1.82) is 0 Å². The largest absolute Gasteiger partial charge is 0.480 e. The van der Waals surface area contributed by atoms with Gasteiger partial charge in [0.25, 0.3) is 0 Å². The van der Waals surface area contributed by atoms with Gasteiger partial charge in [-0.15, -0.1) is 0 Å². The number of carbonyl (C=O) groups is 1. The molecule has 3 N–H and O–H groups in total. The summed E-state index contributed by atoms with van der Waals surface area (Å²) < 4.78 is 5.76. The molecule has 0 saturated heterocycles. The molecule has 2 aliphatic rings.